The number of piperidine rings is 1. The Morgan fingerprint density at radius 1 is 1.30 bits per heavy atom. The highest BCUT2D eigenvalue weighted by Gasteiger charge is 2.24. The molecule has 8 heteroatoms. The molecule has 2 aromatic rings. The number of likely N-dealkylation sites (tertiary alicyclic amines) is 1. The predicted octanol–water partition coefficient (Wildman–Crippen LogP) is 1.64. The molecule has 3 rings (SSSR count). The summed E-state index contributed by atoms with van der Waals surface area (Å²) in [5.74, 6) is 0.511. The summed E-state index contributed by atoms with van der Waals surface area (Å²) < 4.78 is 5.84. The fourth-order valence-electron chi connectivity index (χ4n) is 2.45. The molecular weight excluding hydrogens is 298 g/mol. The SMILES string of the molecule is Nc1ncc(-c2ccncc2)nc1OC1CCN(C(=O)O)CC1. The minimum absolute atomic E-state index is 0.116. The summed E-state index contributed by atoms with van der Waals surface area (Å²) in [5.41, 5.74) is 7.37. The summed E-state index contributed by atoms with van der Waals surface area (Å²) in [7, 11) is 0. The van der Waals surface area contributed by atoms with Crippen LogP contribution < -0.4 is 10.5 Å². The zero-order valence-electron chi connectivity index (χ0n) is 12.4. The largest absolute Gasteiger partial charge is 0.472 e. The first-order chi connectivity index (χ1) is 11.1. The summed E-state index contributed by atoms with van der Waals surface area (Å²) in [4.78, 5) is 24.8. The van der Waals surface area contributed by atoms with E-state index in [4.69, 9.17) is 15.6 Å². The maximum atomic E-state index is 10.9. The van der Waals surface area contributed by atoms with Gasteiger partial charge < -0.3 is 20.5 Å². The zero-order chi connectivity index (χ0) is 16.2. The van der Waals surface area contributed by atoms with Crippen molar-refractivity contribution < 1.29 is 14.6 Å². The number of rotatable bonds is 3. The van der Waals surface area contributed by atoms with Gasteiger partial charge in [-0.05, 0) is 12.1 Å². The second kappa shape index (κ2) is 6.47. The van der Waals surface area contributed by atoms with Crippen molar-refractivity contribution in [1.82, 2.24) is 19.9 Å². The maximum absolute atomic E-state index is 10.9. The number of carbonyl (C=O) groups is 1. The molecule has 0 unspecified atom stereocenters. The Bertz CT molecular complexity index is 687. The van der Waals surface area contributed by atoms with E-state index < -0.39 is 6.09 Å². The number of aromatic nitrogens is 3. The lowest BCUT2D eigenvalue weighted by molar-refractivity contribution is 0.0874. The second-order valence-corrected chi connectivity index (χ2v) is 5.27. The molecule has 0 aliphatic carbocycles. The molecule has 0 atom stereocenters. The third-order valence-electron chi connectivity index (χ3n) is 3.73. The molecule has 23 heavy (non-hydrogen) atoms. The Kier molecular flexibility index (Phi) is 4.22. The van der Waals surface area contributed by atoms with Crippen molar-refractivity contribution in [3.05, 3.63) is 30.7 Å². The highest BCUT2D eigenvalue weighted by molar-refractivity contribution is 5.65. The first-order valence-electron chi connectivity index (χ1n) is 7.31. The van der Waals surface area contributed by atoms with Gasteiger partial charge in [0.2, 0.25) is 0 Å². The average Bonchev–Trinajstić information content (AvgIpc) is 2.58. The number of hydrogen-bond acceptors (Lipinski definition) is 6. The van der Waals surface area contributed by atoms with Crippen molar-refractivity contribution >= 4 is 11.9 Å². The Morgan fingerprint density at radius 3 is 2.65 bits per heavy atom. The lowest BCUT2D eigenvalue weighted by atomic mass is 10.1. The van der Waals surface area contributed by atoms with Crippen molar-refractivity contribution in [2.75, 3.05) is 18.8 Å². The average molecular weight is 315 g/mol. The summed E-state index contributed by atoms with van der Waals surface area (Å²) in [5, 5.41) is 8.96. The Balaban J connectivity index is 1.72. The topological polar surface area (TPSA) is 114 Å². The molecule has 0 aromatic carbocycles. The molecule has 0 radical (unpaired) electrons. The van der Waals surface area contributed by atoms with E-state index in [2.05, 4.69) is 15.0 Å². The molecule has 120 valence electrons. The van der Waals surface area contributed by atoms with Crippen molar-refractivity contribution in [2.24, 2.45) is 0 Å². The van der Waals surface area contributed by atoms with Gasteiger partial charge in [0.1, 0.15) is 6.10 Å². The number of nitrogens with zero attached hydrogens (tertiary/aromatic N) is 4. The normalized spacial score (nSPS) is 15.4. The van der Waals surface area contributed by atoms with Gasteiger partial charge in [0.05, 0.1) is 11.9 Å². The first kappa shape index (κ1) is 15.0. The molecule has 2 aromatic heterocycles. The van der Waals surface area contributed by atoms with E-state index in [0.717, 1.165) is 5.56 Å². The lowest BCUT2D eigenvalue weighted by Gasteiger charge is -2.30. The first-order valence-corrected chi connectivity index (χ1v) is 7.31. The van der Waals surface area contributed by atoms with Crippen molar-refractivity contribution in [1.29, 1.82) is 0 Å². The van der Waals surface area contributed by atoms with Gasteiger partial charge in [0, 0.05) is 43.9 Å². The molecule has 0 bridgehead atoms. The summed E-state index contributed by atoms with van der Waals surface area (Å²) >= 11 is 0. The molecule has 3 N–H and O–H groups in total. The quantitative estimate of drug-likeness (QED) is 0.884. The molecule has 1 aliphatic heterocycles. The van der Waals surface area contributed by atoms with E-state index >= 15 is 0 Å². The minimum Gasteiger partial charge on any atom is -0.472 e. The van der Waals surface area contributed by atoms with Crippen LogP contribution in [0, 0.1) is 0 Å². The van der Waals surface area contributed by atoms with Crippen LogP contribution in [0.25, 0.3) is 11.3 Å². The summed E-state index contributed by atoms with van der Waals surface area (Å²) in [6.07, 6.45) is 5.13. The highest BCUT2D eigenvalue weighted by Crippen LogP contribution is 2.25. The Labute approximate surface area is 133 Å². The number of amides is 1. The third kappa shape index (κ3) is 3.47. The molecule has 0 saturated carbocycles. The van der Waals surface area contributed by atoms with Crippen LogP contribution in [0.2, 0.25) is 0 Å². The molecule has 0 spiro atoms. The van der Waals surface area contributed by atoms with Crippen LogP contribution in [-0.2, 0) is 0 Å². The van der Waals surface area contributed by atoms with Crippen LogP contribution in [0.5, 0.6) is 5.88 Å². The van der Waals surface area contributed by atoms with E-state index in [0.29, 0.717) is 31.6 Å². The molecular formula is C15H17N5O3. The van der Waals surface area contributed by atoms with Crippen LogP contribution in [-0.4, -0.2) is 50.2 Å². The van der Waals surface area contributed by atoms with Crippen LogP contribution in [0.3, 0.4) is 0 Å². The predicted molar refractivity (Wildman–Crippen MR) is 82.9 cm³/mol. The second-order valence-electron chi connectivity index (χ2n) is 5.27. The minimum atomic E-state index is -0.901. The van der Waals surface area contributed by atoms with E-state index in [-0.39, 0.29) is 17.8 Å². The van der Waals surface area contributed by atoms with E-state index in [1.54, 1.807) is 18.6 Å². The van der Waals surface area contributed by atoms with Gasteiger partial charge in [-0.25, -0.2) is 14.8 Å². The standard InChI is InChI=1S/C15H17N5O3/c16-13-14(23-11-3-7-20(8-4-11)15(21)22)19-12(9-18-13)10-1-5-17-6-2-10/h1-2,5-6,9,11H,3-4,7-8H2,(H2,16,18)(H,21,22). The van der Waals surface area contributed by atoms with Gasteiger partial charge in [-0.3, -0.25) is 4.98 Å². The van der Waals surface area contributed by atoms with Gasteiger partial charge in [-0.15, -0.1) is 0 Å². The number of carboxylic acid groups (broad SMARTS) is 1. The van der Waals surface area contributed by atoms with Crippen LogP contribution >= 0.6 is 0 Å². The maximum Gasteiger partial charge on any atom is 0.407 e. The number of pyridine rings is 1. The van der Waals surface area contributed by atoms with E-state index in [9.17, 15) is 4.79 Å². The number of hydrogen-bond donors (Lipinski definition) is 2. The highest BCUT2D eigenvalue weighted by atomic mass is 16.5. The van der Waals surface area contributed by atoms with Crippen LogP contribution in [0.4, 0.5) is 10.6 Å². The van der Waals surface area contributed by atoms with Gasteiger partial charge in [0.25, 0.3) is 5.88 Å². The monoisotopic (exact) mass is 315 g/mol. The molecule has 1 amide bonds. The smallest absolute Gasteiger partial charge is 0.407 e. The number of ether oxygens (including phenoxy) is 1. The number of nitrogen functional groups attached to an aromatic ring is 1. The van der Waals surface area contributed by atoms with Crippen molar-refractivity contribution in [2.45, 2.75) is 18.9 Å². The summed E-state index contributed by atoms with van der Waals surface area (Å²) in [6, 6.07) is 3.66. The molecule has 1 aliphatic rings. The van der Waals surface area contributed by atoms with Gasteiger partial charge in [-0.2, -0.15) is 0 Å². The van der Waals surface area contributed by atoms with Gasteiger partial charge in [0.15, 0.2) is 5.82 Å². The zero-order valence-corrected chi connectivity index (χ0v) is 12.4. The Morgan fingerprint density at radius 2 is 2.00 bits per heavy atom. The molecule has 3 heterocycles. The van der Waals surface area contributed by atoms with Gasteiger partial charge >= 0.3 is 6.09 Å². The fraction of sp³-hybridized carbons (Fsp3) is 0.333. The summed E-state index contributed by atoms with van der Waals surface area (Å²) in [6.45, 7) is 0.884. The van der Waals surface area contributed by atoms with Crippen molar-refractivity contribution in [3.63, 3.8) is 0 Å². The lowest BCUT2D eigenvalue weighted by Crippen LogP contribution is -2.41. The molecule has 1 saturated heterocycles. The fourth-order valence-corrected chi connectivity index (χ4v) is 2.45. The number of anilines is 1. The number of nitrogens with two attached hydrogens (primary N) is 1. The molecule has 1 fully saturated rings. The van der Waals surface area contributed by atoms with Crippen LogP contribution in [0.1, 0.15) is 12.8 Å². The molecule has 8 nitrogen and oxygen atoms in total. The van der Waals surface area contributed by atoms with Gasteiger partial charge in [-0.1, -0.05) is 0 Å². The van der Waals surface area contributed by atoms with E-state index in [1.165, 1.54) is 4.90 Å². The Hall–Kier alpha value is -2.90. The third-order valence-corrected chi connectivity index (χ3v) is 3.73. The van der Waals surface area contributed by atoms with Crippen LogP contribution in [0.15, 0.2) is 30.7 Å². The van der Waals surface area contributed by atoms with E-state index in [1.807, 2.05) is 12.1 Å². The van der Waals surface area contributed by atoms with Crippen molar-refractivity contribution in [3.8, 4) is 17.1 Å².